The second kappa shape index (κ2) is 15.9. The van der Waals surface area contributed by atoms with Gasteiger partial charge in [0, 0.05) is 45.6 Å². The van der Waals surface area contributed by atoms with E-state index in [1.54, 1.807) is 57.0 Å². The molecule has 0 atom stereocenters. The van der Waals surface area contributed by atoms with Gasteiger partial charge >= 0.3 is 6.18 Å². The second-order valence-corrected chi connectivity index (χ2v) is 16.1. The van der Waals surface area contributed by atoms with Crippen LogP contribution < -0.4 is 9.80 Å². The molecule has 0 spiro atoms. The Hall–Kier alpha value is -6.29. The standard InChI is InChI=1S/C25H21F4N5O.C19H15BrFN5O/c1-15-31-32-23-30-22(21-18(26)7-5-9-20(21)34(15)23)33-12-13-35-14-17-16(6-4-8-19(17)33)10-11-24(2,3)25(27,28)29;1-11-23-24-19-22-18(17-14(21)5-3-7-16(17)26(11)19)25-8-9-27-10-12-13(20)4-2-6-15(12)25/h4-9H,12-14H2,1-3H3;2-7H,8-10H2,1H3. The van der Waals surface area contributed by atoms with E-state index in [0.717, 1.165) is 29.6 Å². The first-order valence-corrected chi connectivity index (χ1v) is 20.3. The van der Waals surface area contributed by atoms with E-state index in [-0.39, 0.29) is 17.8 Å². The predicted octanol–water partition coefficient (Wildman–Crippen LogP) is 9.49. The van der Waals surface area contributed by atoms with Crippen LogP contribution in [0.15, 0.2) is 77.3 Å². The van der Waals surface area contributed by atoms with E-state index in [4.69, 9.17) is 9.47 Å². The molecular weight excluding hydrogens is 875 g/mol. The van der Waals surface area contributed by atoms with Crippen LogP contribution in [0, 0.1) is 42.7 Å². The maximum absolute atomic E-state index is 15.2. The lowest BCUT2D eigenvalue weighted by molar-refractivity contribution is -0.190. The molecule has 0 saturated carbocycles. The number of hydrogen-bond acceptors (Lipinski definition) is 10. The summed E-state index contributed by atoms with van der Waals surface area (Å²) in [7, 11) is 0. The first kappa shape index (κ1) is 41.1. The van der Waals surface area contributed by atoms with Gasteiger partial charge in [-0.05, 0) is 76.2 Å². The van der Waals surface area contributed by atoms with Gasteiger partial charge in [-0.25, -0.2) is 8.78 Å². The Morgan fingerprint density at radius 3 is 1.66 bits per heavy atom. The number of fused-ring (bicyclic) bond motifs is 8. The molecular formula is C44H36BrF5N10O2. The molecule has 18 heteroatoms. The van der Waals surface area contributed by atoms with Crippen molar-refractivity contribution in [3.8, 4) is 11.8 Å². The molecule has 0 saturated heterocycles. The Balaban J connectivity index is 0.000000163. The van der Waals surface area contributed by atoms with E-state index < -0.39 is 17.4 Å². The molecule has 12 nitrogen and oxygen atoms in total. The maximum Gasteiger partial charge on any atom is 0.404 e. The topological polar surface area (TPSA) is 111 Å². The smallest absolute Gasteiger partial charge is 0.375 e. The average Bonchev–Trinajstić information content (AvgIpc) is 3.62. The van der Waals surface area contributed by atoms with E-state index in [0.29, 0.717) is 101 Å². The Labute approximate surface area is 359 Å². The zero-order valence-electron chi connectivity index (χ0n) is 33.7. The number of ether oxygens (including phenoxy) is 2. The van der Waals surface area contributed by atoms with Crippen LogP contribution in [0.5, 0.6) is 0 Å². The van der Waals surface area contributed by atoms with Gasteiger partial charge in [-0.15, -0.1) is 20.4 Å². The van der Waals surface area contributed by atoms with Crippen molar-refractivity contribution in [3.63, 3.8) is 0 Å². The van der Waals surface area contributed by atoms with Crippen molar-refractivity contribution in [3.05, 3.63) is 117 Å². The molecule has 8 aromatic rings. The Morgan fingerprint density at radius 2 is 1.13 bits per heavy atom. The Kier molecular flexibility index (Phi) is 10.5. The van der Waals surface area contributed by atoms with Gasteiger partial charge < -0.3 is 19.3 Å². The summed E-state index contributed by atoms with van der Waals surface area (Å²) in [5.41, 5.74) is 2.69. The Morgan fingerprint density at radius 1 is 0.645 bits per heavy atom. The van der Waals surface area contributed by atoms with Crippen molar-refractivity contribution in [1.29, 1.82) is 0 Å². The number of halogens is 6. The highest BCUT2D eigenvalue weighted by Crippen LogP contribution is 2.41. The minimum atomic E-state index is -4.47. The highest BCUT2D eigenvalue weighted by atomic mass is 79.9. The summed E-state index contributed by atoms with van der Waals surface area (Å²) < 4.78 is 86.1. The number of benzene rings is 4. The molecule has 4 aromatic heterocycles. The quantitative estimate of drug-likeness (QED) is 0.123. The molecule has 0 unspecified atom stereocenters. The van der Waals surface area contributed by atoms with Gasteiger partial charge in [0.1, 0.15) is 40.3 Å². The number of rotatable bonds is 2. The van der Waals surface area contributed by atoms with Crippen LogP contribution in [-0.4, -0.2) is 71.6 Å². The van der Waals surface area contributed by atoms with Crippen LogP contribution in [0.4, 0.5) is 45.0 Å². The Bertz CT molecular complexity index is 3120. The van der Waals surface area contributed by atoms with Crippen molar-refractivity contribution in [2.24, 2.45) is 5.41 Å². The van der Waals surface area contributed by atoms with Gasteiger partial charge in [0.2, 0.25) is 0 Å². The van der Waals surface area contributed by atoms with E-state index >= 15 is 4.39 Å². The summed E-state index contributed by atoms with van der Waals surface area (Å²) in [4.78, 5) is 13.1. The van der Waals surface area contributed by atoms with Crippen molar-refractivity contribution in [1.82, 2.24) is 39.2 Å². The highest BCUT2D eigenvalue weighted by Gasteiger charge is 2.46. The molecule has 0 bridgehead atoms. The molecule has 62 heavy (non-hydrogen) atoms. The lowest BCUT2D eigenvalue weighted by atomic mass is 9.92. The first-order valence-electron chi connectivity index (χ1n) is 19.5. The molecule has 6 heterocycles. The number of aromatic nitrogens is 8. The number of alkyl halides is 3. The molecule has 0 aliphatic carbocycles. The van der Waals surface area contributed by atoms with Crippen LogP contribution in [0.2, 0.25) is 0 Å². The molecule has 4 aromatic carbocycles. The monoisotopic (exact) mass is 910 g/mol. The number of nitrogens with zero attached hydrogens (tertiary/aromatic N) is 10. The largest absolute Gasteiger partial charge is 0.404 e. The summed E-state index contributed by atoms with van der Waals surface area (Å²) in [5, 5.41) is 17.2. The van der Waals surface area contributed by atoms with Gasteiger partial charge in [0.05, 0.1) is 48.2 Å². The molecule has 0 amide bonds. The number of hydrogen-bond donors (Lipinski definition) is 0. The fourth-order valence-electron chi connectivity index (χ4n) is 7.62. The van der Waals surface area contributed by atoms with Crippen LogP contribution in [-0.2, 0) is 22.7 Å². The third kappa shape index (κ3) is 7.13. The van der Waals surface area contributed by atoms with Crippen molar-refractivity contribution >= 4 is 72.3 Å². The average molecular weight is 912 g/mol. The molecule has 10 rings (SSSR count). The van der Waals surface area contributed by atoms with Gasteiger partial charge in [-0.2, -0.15) is 23.1 Å². The summed E-state index contributed by atoms with van der Waals surface area (Å²) >= 11 is 3.60. The van der Waals surface area contributed by atoms with E-state index in [2.05, 4.69) is 58.1 Å². The lowest BCUT2D eigenvalue weighted by Crippen LogP contribution is -2.30. The van der Waals surface area contributed by atoms with E-state index in [1.807, 2.05) is 36.1 Å². The molecule has 2 aliphatic heterocycles. The van der Waals surface area contributed by atoms with Crippen molar-refractivity contribution in [2.45, 2.75) is 47.1 Å². The molecule has 316 valence electrons. The molecule has 0 fully saturated rings. The van der Waals surface area contributed by atoms with E-state index in [1.165, 1.54) is 12.1 Å². The normalized spacial score (nSPS) is 14.5. The zero-order chi connectivity index (χ0) is 43.5. The van der Waals surface area contributed by atoms with E-state index in [9.17, 15) is 17.6 Å². The van der Waals surface area contributed by atoms with Gasteiger partial charge in [0.15, 0.2) is 0 Å². The van der Waals surface area contributed by atoms with Crippen LogP contribution >= 0.6 is 15.9 Å². The predicted molar refractivity (Wildman–Crippen MR) is 227 cm³/mol. The minimum Gasteiger partial charge on any atom is -0.375 e. The summed E-state index contributed by atoms with van der Waals surface area (Å²) in [5.74, 6) is 7.11. The summed E-state index contributed by atoms with van der Waals surface area (Å²) in [6.07, 6.45) is -4.47. The lowest BCUT2D eigenvalue weighted by Gasteiger charge is -2.25. The summed E-state index contributed by atoms with van der Waals surface area (Å²) in [6, 6.07) is 20.8. The summed E-state index contributed by atoms with van der Waals surface area (Å²) in [6.45, 7) is 8.01. The zero-order valence-corrected chi connectivity index (χ0v) is 35.3. The maximum atomic E-state index is 15.2. The van der Waals surface area contributed by atoms with Crippen molar-refractivity contribution < 1.29 is 31.4 Å². The van der Waals surface area contributed by atoms with Crippen LogP contribution in [0.1, 0.15) is 42.2 Å². The molecule has 2 aliphatic rings. The van der Waals surface area contributed by atoms with Gasteiger partial charge in [-0.3, -0.25) is 8.80 Å². The third-order valence-electron chi connectivity index (χ3n) is 10.9. The number of anilines is 4. The van der Waals surface area contributed by atoms with Crippen LogP contribution in [0.3, 0.4) is 0 Å². The number of aryl methyl sites for hydroxylation is 2. The fraction of sp³-hybridized carbons (Fsp3) is 0.273. The van der Waals surface area contributed by atoms with Gasteiger partial charge in [-0.1, -0.05) is 52.0 Å². The van der Waals surface area contributed by atoms with Crippen molar-refractivity contribution in [2.75, 3.05) is 36.1 Å². The van der Waals surface area contributed by atoms with Crippen LogP contribution in [0.25, 0.3) is 33.4 Å². The van der Waals surface area contributed by atoms with Gasteiger partial charge in [0.25, 0.3) is 11.6 Å². The second-order valence-electron chi connectivity index (χ2n) is 15.2. The SMILES string of the molecule is Cc1nnc2nc(N3CCOCc4c(Br)cccc43)c3c(F)cccc3n12.Cc1nnc2nc(N3CCOCc4c(C#CC(C)(C)C(F)(F)F)cccc43)c3c(F)cccc3n12. The molecule has 0 radical (unpaired) electrons. The first-order chi connectivity index (χ1) is 29.7. The highest BCUT2D eigenvalue weighted by molar-refractivity contribution is 9.10. The minimum absolute atomic E-state index is 0.149. The third-order valence-corrected chi connectivity index (χ3v) is 11.7. The molecule has 0 N–H and O–H groups in total. The fourth-order valence-corrected chi connectivity index (χ4v) is 8.09.